The van der Waals surface area contributed by atoms with E-state index in [1.54, 1.807) is 12.4 Å². The van der Waals surface area contributed by atoms with Crippen LogP contribution >= 0.6 is 47.8 Å². The molecule has 2 saturated heterocycles. The van der Waals surface area contributed by atoms with Gasteiger partial charge < -0.3 is 20.5 Å². The highest BCUT2D eigenvalue weighted by molar-refractivity contribution is 9.13. The third kappa shape index (κ3) is 11.1. The molecule has 2 aromatic heterocycles. The molecule has 2 aliphatic heterocycles. The van der Waals surface area contributed by atoms with Crippen molar-refractivity contribution in [3.63, 3.8) is 0 Å². The molecule has 1 aromatic carbocycles. The molecule has 2 atom stereocenters. The minimum Gasteiger partial charge on any atom is -0.380 e. The van der Waals surface area contributed by atoms with E-state index in [0.29, 0.717) is 45.7 Å². The number of hydrogen-bond donors (Lipinski definition) is 2. The van der Waals surface area contributed by atoms with Gasteiger partial charge >= 0.3 is 0 Å². The first-order chi connectivity index (χ1) is 21.9. The number of rotatable bonds is 8. The summed E-state index contributed by atoms with van der Waals surface area (Å²) in [4.78, 5) is 24.2. The van der Waals surface area contributed by atoms with Crippen LogP contribution in [0.25, 0.3) is 0 Å². The fourth-order valence-corrected chi connectivity index (χ4v) is 5.85. The van der Waals surface area contributed by atoms with Crippen LogP contribution in [-0.4, -0.2) is 58.1 Å². The van der Waals surface area contributed by atoms with Gasteiger partial charge in [-0.05, 0) is 97.5 Å². The van der Waals surface area contributed by atoms with E-state index in [1.165, 1.54) is 15.8 Å². The van der Waals surface area contributed by atoms with Crippen LogP contribution in [0.15, 0.2) is 89.5 Å². The van der Waals surface area contributed by atoms with E-state index in [0.717, 1.165) is 62.1 Å². The number of nitrogens with zero attached hydrogens (tertiary/aromatic N) is 4. The zero-order chi connectivity index (χ0) is 32.0. The van der Waals surface area contributed by atoms with Gasteiger partial charge in [0.15, 0.2) is 0 Å². The maximum Gasteiger partial charge on any atom is 0.283 e. The Balaban J connectivity index is 0.000000174. The van der Waals surface area contributed by atoms with Crippen LogP contribution < -0.4 is 22.2 Å². The van der Waals surface area contributed by atoms with Crippen molar-refractivity contribution in [1.29, 1.82) is 0 Å². The normalized spacial score (nSPS) is 18.8. The predicted molar refractivity (Wildman–Crippen MR) is 188 cm³/mol. The minimum atomic E-state index is -0.141. The summed E-state index contributed by atoms with van der Waals surface area (Å²) in [5, 5.41) is 11.6. The predicted octanol–water partition coefficient (Wildman–Crippen LogP) is 5.81. The summed E-state index contributed by atoms with van der Waals surface area (Å²) in [6.07, 6.45) is 16.9. The average molecular weight is 811 g/mol. The quantitative estimate of drug-likeness (QED) is 0.292. The van der Waals surface area contributed by atoms with E-state index in [4.69, 9.17) is 15.2 Å². The highest BCUT2D eigenvalue weighted by atomic mass is 79.9. The highest BCUT2D eigenvalue weighted by Crippen LogP contribution is 2.20. The lowest BCUT2D eigenvalue weighted by molar-refractivity contribution is 0.117. The van der Waals surface area contributed by atoms with E-state index in [2.05, 4.69) is 81.5 Å². The monoisotopic (exact) mass is 808 g/mol. The molecule has 242 valence electrons. The lowest BCUT2D eigenvalue weighted by Gasteiger charge is -2.14. The molecule has 3 aromatic rings. The number of nitrogens with two attached hydrogens (primary N) is 1. The van der Waals surface area contributed by atoms with Crippen LogP contribution in [0.1, 0.15) is 44.1 Å². The van der Waals surface area contributed by atoms with Gasteiger partial charge in [0.1, 0.15) is 8.95 Å². The first-order valence-electron chi connectivity index (χ1n) is 15.1. The lowest BCUT2D eigenvalue weighted by atomic mass is 10.1. The van der Waals surface area contributed by atoms with E-state index < -0.39 is 0 Å². The Morgan fingerprint density at radius 2 is 1.53 bits per heavy atom. The molecule has 1 aliphatic carbocycles. The van der Waals surface area contributed by atoms with Gasteiger partial charge in [-0.25, -0.2) is 9.36 Å². The summed E-state index contributed by atoms with van der Waals surface area (Å²) in [6.45, 7) is 4.14. The second-order valence-electron chi connectivity index (χ2n) is 10.7. The maximum absolute atomic E-state index is 12.4. The van der Waals surface area contributed by atoms with Gasteiger partial charge in [0, 0.05) is 26.3 Å². The van der Waals surface area contributed by atoms with E-state index in [9.17, 15) is 9.59 Å². The third-order valence-corrected chi connectivity index (χ3v) is 10.0. The molecule has 2 fully saturated rings. The largest absolute Gasteiger partial charge is 0.380 e. The van der Waals surface area contributed by atoms with Crippen molar-refractivity contribution in [3.05, 3.63) is 106 Å². The zero-order valence-electron chi connectivity index (χ0n) is 25.0. The maximum atomic E-state index is 12.4. The summed E-state index contributed by atoms with van der Waals surface area (Å²) >= 11 is 9.86. The SMILES string of the molecule is NCC1CCCO1.O=c1c(Br)c(Br)cnn1Cc1ccccc1.O=c1c(Br)c(NCC2CCCO2)cnn1CC1=CCCC=C1. The van der Waals surface area contributed by atoms with E-state index in [1.807, 2.05) is 30.3 Å². The second-order valence-corrected chi connectivity index (χ2v) is 13.2. The molecule has 2 unspecified atom stereocenters. The number of benzene rings is 1. The molecule has 0 saturated carbocycles. The van der Waals surface area contributed by atoms with Gasteiger partial charge in [-0.1, -0.05) is 48.6 Å². The van der Waals surface area contributed by atoms with Gasteiger partial charge in [0.05, 0.1) is 47.9 Å². The summed E-state index contributed by atoms with van der Waals surface area (Å²) in [7, 11) is 0. The summed E-state index contributed by atoms with van der Waals surface area (Å²) in [6, 6.07) is 9.74. The Morgan fingerprint density at radius 1 is 0.867 bits per heavy atom. The van der Waals surface area contributed by atoms with Crippen LogP contribution in [0.4, 0.5) is 5.69 Å². The second kappa shape index (κ2) is 18.7. The van der Waals surface area contributed by atoms with Gasteiger partial charge in [-0.3, -0.25) is 9.59 Å². The highest BCUT2D eigenvalue weighted by Gasteiger charge is 2.17. The first kappa shape index (κ1) is 35.4. The van der Waals surface area contributed by atoms with Crippen LogP contribution in [0.5, 0.6) is 0 Å². The van der Waals surface area contributed by atoms with Crippen LogP contribution in [-0.2, 0) is 22.6 Å². The molecule has 6 rings (SSSR count). The average Bonchev–Trinajstić information content (AvgIpc) is 3.80. The Bertz CT molecular complexity index is 1550. The molecule has 10 nitrogen and oxygen atoms in total. The van der Waals surface area contributed by atoms with Gasteiger partial charge in [-0.15, -0.1) is 0 Å². The topological polar surface area (TPSA) is 126 Å². The van der Waals surface area contributed by atoms with Gasteiger partial charge in [0.25, 0.3) is 11.1 Å². The molecule has 4 heterocycles. The molecular weight excluding hydrogens is 772 g/mol. The van der Waals surface area contributed by atoms with Crippen molar-refractivity contribution in [2.75, 3.05) is 31.6 Å². The summed E-state index contributed by atoms with van der Waals surface area (Å²) < 4.78 is 15.4. The van der Waals surface area contributed by atoms with E-state index in [-0.39, 0.29) is 17.2 Å². The fraction of sp³-hybridized carbons (Fsp3) is 0.438. The number of aromatic nitrogens is 4. The molecule has 0 spiro atoms. The molecule has 0 bridgehead atoms. The molecule has 0 amide bonds. The van der Waals surface area contributed by atoms with Crippen molar-refractivity contribution in [2.45, 2.75) is 63.8 Å². The van der Waals surface area contributed by atoms with Crippen molar-refractivity contribution < 1.29 is 9.47 Å². The summed E-state index contributed by atoms with van der Waals surface area (Å²) in [5.41, 5.74) is 7.96. The van der Waals surface area contributed by atoms with Crippen LogP contribution in [0, 0.1) is 0 Å². The van der Waals surface area contributed by atoms with Crippen molar-refractivity contribution in [1.82, 2.24) is 19.6 Å². The Morgan fingerprint density at radius 3 is 2.16 bits per heavy atom. The molecule has 3 aliphatic rings. The zero-order valence-corrected chi connectivity index (χ0v) is 29.8. The van der Waals surface area contributed by atoms with Crippen LogP contribution in [0.2, 0.25) is 0 Å². The molecule has 3 N–H and O–H groups in total. The number of anilines is 1. The van der Waals surface area contributed by atoms with Crippen molar-refractivity contribution >= 4 is 53.5 Å². The van der Waals surface area contributed by atoms with Gasteiger partial charge in [0.2, 0.25) is 0 Å². The van der Waals surface area contributed by atoms with Crippen molar-refractivity contribution in [2.24, 2.45) is 5.73 Å². The van der Waals surface area contributed by atoms with Crippen molar-refractivity contribution in [3.8, 4) is 0 Å². The number of halogens is 3. The lowest BCUT2D eigenvalue weighted by Crippen LogP contribution is -2.26. The number of hydrogen-bond acceptors (Lipinski definition) is 8. The Hall–Kier alpha value is -2.42. The fourth-order valence-electron chi connectivity index (χ4n) is 4.83. The standard InChI is InChI=1S/C16H20BrN3O2.C11H8Br2N2O.C5H11NO/c17-15-14(18-9-13-7-4-8-22-13)10-19-20(16(15)21)11-12-5-2-1-3-6-12;12-9-6-14-15(11(16)10(9)13)7-8-4-2-1-3-5-8;6-4-5-2-1-3-7-5/h2,5-6,10,13,18H,1,3-4,7-9,11H2;1-6H,7H2;5H,1-4,6H2. The minimum absolute atomic E-state index is 0.114. The third-order valence-electron chi connectivity index (χ3n) is 7.34. The number of ether oxygens (including phenoxy) is 2. The van der Waals surface area contributed by atoms with E-state index >= 15 is 0 Å². The molecular formula is C32H39Br3N6O4. The number of nitrogens with one attached hydrogen (secondary N) is 1. The first-order valence-corrected chi connectivity index (χ1v) is 17.5. The Labute approximate surface area is 288 Å². The molecule has 13 heteroatoms. The summed E-state index contributed by atoms with van der Waals surface area (Å²) in [5.74, 6) is 0. The van der Waals surface area contributed by atoms with Crippen LogP contribution in [0.3, 0.4) is 0 Å². The molecule has 45 heavy (non-hydrogen) atoms. The van der Waals surface area contributed by atoms with Gasteiger partial charge in [-0.2, -0.15) is 10.2 Å². The smallest absolute Gasteiger partial charge is 0.283 e. The molecule has 0 radical (unpaired) electrons. The Kier molecular flexibility index (Phi) is 14.7. The number of allylic oxidation sites excluding steroid dienone is 4.